The Morgan fingerprint density at radius 2 is 1.81 bits per heavy atom. The lowest BCUT2D eigenvalue weighted by atomic mass is 9.96. The average Bonchev–Trinajstić information content (AvgIpc) is 3.17. The van der Waals surface area contributed by atoms with Crippen molar-refractivity contribution in [1.82, 2.24) is 9.97 Å². The molecule has 0 spiro atoms. The Balaban J connectivity index is 1.83. The number of fused-ring (bicyclic) bond motifs is 1. The molecule has 0 amide bonds. The third kappa shape index (κ3) is 2.15. The first-order valence-electron chi connectivity index (χ1n) is 7.14. The van der Waals surface area contributed by atoms with Crippen molar-refractivity contribution in [2.75, 3.05) is 0 Å². The molecule has 0 saturated heterocycles. The van der Waals surface area contributed by atoms with E-state index in [9.17, 15) is 8.78 Å². The molecule has 2 aromatic rings. The molecule has 0 aliphatic heterocycles. The summed E-state index contributed by atoms with van der Waals surface area (Å²) >= 11 is 0. The highest BCUT2D eigenvalue weighted by atomic mass is 19.1. The number of nitrogens with zero attached hydrogens (tertiary/aromatic N) is 2. The van der Waals surface area contributed by atoms with Crippen LogP contribution in [0.4, 0.5) is 8.78 Å². The molecule has 4 heteroatoms. The number of aromatic nitrogens is 2. The Morgan fingerprint density at radius 3 is 2.48 bits per heavy atom. The third-order valence-corrected chi connectivity index (χ3v) is 4.24. The van der Waals surface area contributed by atoms with Gasteiger partial charge in [-0.05, 0) is 55.0 Å². The maximum Gasteiger partial charge on any atom is 0.155 e. The third-order valence-electron chi connectivity index (χ3n) is 4.24. The minimum Gasteiger partial charge on any atom is -0.233 e. The van der Waals surface area contributed by atoms with Crippen LogP contribution in [0.3, 0.4) is 0 Å². The SMILES string of the molecule is Cc1nc(C2=CC2)nc2c1CCC2c1cc(F)cc(F)c1. The average molecular weight is 284 g/mol. The molecule has 1 aromatic carbocycles. The molecule has 0 N–H and O–H groups in total. The predicted molar refractivity (Wildman–Crippen MR) is 75.9 cm³/mol. The molecular weight excluding hydrogens is 270 g/mol. The summed E-state index contributed by atoms with van der Waals surface area (Å²) < 4.78 is 26.9. The minimum atomic E-state index is -0.533. The van der Waals surface area contributed by atoms with Gasteiger partial charge in [-0.1, -0.05) is 6.08 Å². The van der Waals surface area contributed by atoms with Crippen LogP contribution in [-0.2, 0) is 6.42 Å². The van der Waals surface area contributed by atoms with Gasteiger partial charge in [0, 0.05) is 17.7 Å². The fraction of sp³-hybridized carbons (Fsp3) is 0.294. The fourth-order valence-corrected chi connectivity index (χ4v) is 3.12. The van der Waals surface area contributed by atoms with Crippen molar-refractivity contribution < 1.29 is 8.78 Å². The summed E-state index contributed by atoms with van der Waals surface area (Å²) in [5.41, 5.74) is 4.89. The first-order valence-corrected chi connectivity index (χ1v) is 7.14. The van der Waals surface area contributed by atoms with E-state index in [-0.39, 0.29) is 5.92 Å². The van der Waals surface area contributed by atoms with Crippen LogP contribution in [0.2, 0.25) is 0 Å². The lowest BCUT2D eigenvalue weighted by molar-refractivity contribution is 0.576. The predicted octanol–water partition coefficient (Wildman–Crippen LogP) is 3.93. The number of hydrogen-bond acceptors (Lipinski definition) is 2. The van der Waals surface area contributed by atoms with Gasteiger partial charge in [0.1, 0.15) is 11.6 Å². The molecule has 1 unspecified atom stereocenters. The zero-order chi connectivity index (χ0) is 14.6. The Bertz CT molecular complexity index is 760. The summed E-state index contributed by atoms with van der Waals surface area (Å²) in [7, 11) is 0. The van der Waals surface area contributed by atoms with Gasteiger partial charge in [0.2, 0.25) is 0 Å². The first-order chi connectivity index (χ1) is 10.1. The quantitative estimate of drug-likeness (QED) is 0.835. The van der Waals surface area contributed by atoms with E-state index < -0.39 is 11.6 Å². The maximum absolute atomic E-state index is 13.5. The van der Waals surface area contributed by atoms with E-state index in [2.05, 4.69) is 16.0 Å². The Hall–Kier alpha value is -2.10. The van der Waals surface area contributed by atoms with Crippen molar-refractivity contribution in [3.05, 3.63) is 64.2 Å². The maximum atomic E-state index is 13.5. The lowest BCUT2D eigenvalue weighted by Crippen LogP contribution is -2.05. The van der Waals surface area contributed by atoms with Crippen LogP contribution in [0.5, 0.6) is 0 Å². The van der Waals surface area contributed by atoms with Gasteiger partial charge >= 0.3 is 0 Å². The van der Waals surface area contributed by atoms with Crippen molar-refractivity contribution in [2.24, 2.45) is 0 Å². The summed E-state index contributed by atoms with van der Waals surface area (Å²) in [6.07, 6.45) is 4.73. The molecule has 0 bridgehead atoms. The zero-order valence-corrected chi connectivity index (χ0v) is 11.7. The molecule has 4 rings (SSSR count). The molecule has 0 fully saturated rings. The lowest BCUT2D eigenvalue weighted by Gasteiger charge is -2.13. The van der Waals surface area contributed by atoms with E-state index in [1.807, 2.05) is 6.92 Å². The zero-order valence-electron chi connectivity index (χ0n) is 11.7. The summed E-state index contributed by atoms with van der Waals surface area (Å²) in [6.45, 7) is 1.99. The second kappa shape index (κ2) is 4.45. The van der Waals surface area contributed by atoms with E-state index in [0.29, 0.717) is 5.56 Å². The Labute approximate surface area is 121 Å². The van der Waals surface area contributed by atoms with Gasteiger partial charge in [-0.15, -0.1) is 0 Å². The van der Waals surface area contributed by atoms with Crippen molar-refractivity contribution in [2.45, 2.75) is 32.1 Å². The highest BCUT2D eigenvalue weighted by Gasteiger charge is 2.30. The second-order valence-corrected chi connectivity index (χ2v) is 5.72. The molecular formula is C17H14F2N2. The van der Waals surface area contributed by atoms with E-state index >= 15 is 0 Å². The van der Waals surface area contributed by atoms with Crippen molar-refractivity contribution in [1.29, 1.82) is 0 Å². The smallest absolute Gasteiger partial charge is 0.155 e. The number of benzene rings is 1. The number of halogens is 2. The van der Waals surface area contributed by atoms with Crippen LogP contribution >= 0.6 is 0 Å². The molecule has 1 heterocycles. The summed E-state index contributed by atoms with van der Waals surface area (Å²) in [5.74, 6) is -0.330. The largest absolute Gasteiger partial charge is 0.233 e. The Kier molecular flexibility index (Phi) is 2.67. The van der Waals surface area contributed by atoms with Gasteiger partial charge in [-0.3, -0.25) is 0 Å². The van der Waals surface area contributed by atoms with Crippen LogP contribution in [-0.4, -0.2) is 9.97 Å². The van der Waals surface area contributed by atoms with E-state index in [1.165, 1.54) is 12.1 Å². The topological polar surface area (TPSA) is 25.8 Å². The van der Waals surface area contributed by atoms with Gasteiger partial charge in [0.15, 0.2) is 5.82 Å². The van der Waals surface area contributed by atoms with Crippen molar-refractivity contribution >= 4 is 5.57 Å². The van der Waals surface area contributed by atoms with Gasteiger partial charge in [-0.25, -0.2) is 18.7 Å². The normalized spacial score (nSPS) is 19.4. The summed E-state index contributed by atoms with van der Waals surface area (Å²) in [5, 5.41) is 0. The number of rotatable bonds is 2. The van der Waals surface area contributed by atoms with Crippen molar-refractivity contribution in [3.8, 4) is 0 Å². The molecule has 2 aliphatic rings. The Morgan fingerprint density at radius 1 is 1.10 bits per heavy atom. The number of aryl methyl sites for hydroxylation is 1. The second-order valence-electron chi connectivity index (χ2n) is 5.72. The molecule has 21 heavy (non-hydrogen) atoms. The standard InChI is InChI=1S/C17H14F2N2/c1-9-14-4-5-15(11-6-12(18)8-13(19)7-11)16(14)21-17(20-9)10-2-3-10/h2,6-8,15H,3-5H2,1H3. The molecule has 2 aliphatic carbocycles. The van der Waals surface area contributed by atoms with Crippen LogP contribution in [0.25, 0.3) is 5.57 Å². The van der Waals surface area contributed by atoms with Gasteiger partial charge in [-0.2, -0.15) is 0 Å². The van der Waals surface area contributed by atoms with Gasteiger partial charge in [0.25, 0.3) is 0 Å². The van der Waals surface area contributed by atoms with Crippen LogP contribution in [0, 0.1) is 18.6 Å². The molecule has 106 valence electrons. The van der Waals surface area contributed by atoms with E-state index in [4.69, 9.17) is 0 Å². The highest BCUT2D eigenvalue weighted by molar-refractivity contribution is 5.73. The molecule has 1 aromatic heterocycles. The highest BCUT2D eigenvalue weighted by Crippen LogP contribution is 2.40. The number of hydrogen-bond donors (Lipinski definition) is 0. The minimum absolute atomic E-state index is 0.0370. The van der Waals surface area contributed by atoms with Gasteiger partial charge in [0.05, 0.1) is 5.69 Å². The number of allylic oxidation sites excluding steroid dienone is 2. The fourth-order valence-electron chi connectivity index (χ4n) is 3.12. The van der Waals surface area contributed by atoms with Gasteiger partial charge < -0.3 is 0 Å². The monoisotopic (exact) mass is 284 g/mol. The van der Waals surface area contributed by atoms with E-state index in [1.54, 1.807) is 0 Å². The van der Waals surface area contributed by atoms with Crippen LogP contribution in [0.1, 0.15) is 47.1 Å². The molecule has 2 nitrogen and oxygen atoms in total. The van der Waals surface area contributed by atoms with Crippen LogP contribution in [0.15, 0.2) is 24.3 Å². The molecule has 0 radical (unpaired) electrons. The first kappa shape index (κ1) is 12.6. The summed E-state index contributed by atoms with van der Waals surface area (Å²) in [6, 6.07) is 3.73. The molecule has 1 atom stereocenters. The van der Waals surface area contributed by atoms with Crippen LogP contribution < -0.4 is 0 Å². The summed E-state index contributed by atoms with van der Waals surface area (Å²) in [4.78, 5) is 9.21. The van der Waals surface area contributed by atoms with E-state index in [0.717, 1.165) is 53.7 Å². The van der Waals surface area contributed by atoms with Crippen molar-refractivity contribution in [3.63, 3.8) is 0 Å². The molecule has 0 saturated carbocycles.